The second-order valence-electron chi connectivity index (χ2n) is 7.40. The molecule has 1 saturated heterocycles. The molecule has 0 spiro atoms. The summed E-state index contributed by atoms with van der Waals surface area (Å²) in [5, 5.41) is 0. The highest BCUT2D eigenvalue weighted by Crippen LogP contribution is 2.21. The van der Waals surface area contributed by atoms with Gasteiger partial charge in [0, 0.05) is 43.4 Å². The van der Waals surface area contributed by atoms with Crippen LogP contribution in [0.25, 0.3) is 0 Å². The highest BCUT2D eigenvalue weighted by molar-refractivity contribution is 5.94. The molecule has 0 saturated carbocycles. The van der Waals surface area contributed by atoms with E-state index in [-0.39, 0.29) is 16.9 Å². The molecule has 1 aliphatic rings. The van der Waals surface area contributed by atoms with Crippen LogP contribution in [0.15, 0.2) is 30.5 Å². The van der Waals surface area contributed by atoms with Gasteiger partial charge < -0.3 is 9.80 Å². The van der Waals surface area contributed by atoms with Crippen LogP contribution < -0.4 is 4.90 Å². The van der Waals surface area contributed by atoms with Crippen LogP contribution in [0.5, 0.6) is 0 Å². The zero-order valence-corrected chi connectivity index (χ0v) is 15.2. The van der Waals surface area contributed by atoms with Gasteiger partial charge in [-0.15, -0.1) is 0 Å². The van der Waals surface area contributed by atoms with Crippen LogP contribution in [-0.2, 0) is 5.41 Å². The summed E-state index contributed by atoms with van der Waals surface area (Å²) in [6.45, 7) is 8.41. The molecule has 5 nitrogen and oxygen atoms in total. The van der Waals surface area contributed by atoms with Crippen molar-refractivity contribution in [3.8, 4) is 0 Å². The van der Waals surface area contributed by atoms with Crippen molar-refractivity contribution in [3.05, 3.63) is 53.5 Å². The predicted octanol–water partition coefficient (Wildman–Crippen LogP) is 3.01. The number of hydrogen-bond donors (Lipinski definition) is 0. The fourth-order valence-corrected chi connectivity index (χ4v) is 2.84. The Bertz CT molecular complexity index is 811. The van der Waals surface area contributed by atoms with Crippen molar-refractivity contribution in [2.75, 3.05) is 31.1 Å². The van der Waals surface area contributed by atoms with E-state index < -0.39 is 11.6 Å². The molecule has 2 heterocycles. The third-order valence-corrected chi connectivity index (χ3v) is 4.37. The Morgan fingerprint density at radius 3 is 2.35 bits per heavy atom. The van der Waals surface area contributed by atoms with E-state index in [1.165, 1.54) is 6.07 Å². The molecule has 1 fully saturated rings. The Hall–Kier alpha value is -2.57. The van der Waals surface area contributed by atoms with Crippen LogP contribution in [0.2, 0.25) is 0 Å². The first-order valence-electron chi connectivity index (χ1n) is 8.58. The SMILES string of the molecule is CC(C)(C)c1nccc(N2CCN(C(=O)c3ccc(F)c(F)c3)CC2)n1. The smallest absolute Gasteiger partial charge is 0.254 e. The van der Waals surface area contributed by atoms with Gasteiger partial charge in [0.25, 0.3) is 5.91 Å². The lowest BCUT2D eigenvalue weighted by molar-refractivity contribution is 0.0746. The molecule has 0 atom stereocenters. The summed E-state index contributed by atoms with van der Waals surface area (Å²) in [4.78, 5) is 25.2. The van der Waals surface area contributed by atoms with E-state index in [9.17, 15) is 13.6 Å². The van der Waals surface area contributed by atoms with Crippen molar-refractivity contribution >= 4 is 11.7 Å². The number of aromatic nitrogens is 2. The molecule has 138 valence electrons. The van der Waals surface area contributed by atoms with E-state index in [0.29, 0.717) is 26.2 Å². The van der Waals surface area contributed by atoms with Crippen molar-refractivity contribution in [1.82, 2.24) is 14.9 Å². The minimum Gasteiger partial charge on any atom is -0.353 e. The first-order valence-corrected chi connectivity index (χ1v) is 8.58. The van der Waals surface area contributed by atoms with Crippen molar-refractivity contribution in [3.63, 3.8) is 0 Å². The fourth-order valence-electron chi connectivity index (χ4n) is 2.84. The van der Waals surface area contributed by atoms with Crippen LogP contribution in [0.3, 0.4) is 0 Å². The summed E-state index contributed by atoms with van der Waals surface area (Å²) in [7, 11) is 0. The van der Waals surface area contributed by atoms with E-state index in [1.807, 2.05) is 6.07 Å². The lowest BCUT2D eigenvalue weighted by Crippen LogP contribution is -2.49. The van der Waals surface area contributed by atoms with Crippen LogP contribution in [0.1, 0.15) is 37.0 Å². The normalized spacial score (nSPS) is 15.3. The molecule has 1 aromatic carbocycles. The summed E-state index contributed by atoms with van der Waals surface area (Å²) in [6.07, 6.45) is 1.75. The Balaban J connectivity index is 1.67. The van der Waals surface area contributed by atoms with Crippen LogP contribution in [-0.4, -0.2) is 47.0 Å². The molecule has 0 aliphatic carbocycles. The standard InChI is InChI=1S/C19H22F2N4O/c1-19(2,3)18-22-7-6-16(23-18)24-8-10-25(11-9-24)17(26)13-4-5-14(20)15(21)12-13/h4-7,12H,8-11H2,1-3H3. The van der Waals surface area contributed by atoms with Gasteiger partial charge in [-0.2, -0.15) is 0 Å². The molecular weight excluding hydrogens is 338 g/mol. The quantitative estimate of drug-likeness (QED) is 0.826. The maximum absolute atomic E-state index is 13.4. The molecule has 0 bridgehead atoms. The second kappa shape index (κ2) is 6.97. The molecule has 0 radical (unpaired) electrons. The Morgan fingerprint density at radius 1 is 1.04 bits per heavy atom. The average molecular weight is 360 g/mol. The number of anilines is 1. The third kappa shape index (κ3) is 3.81. The number of hydrogen-bond acceptors (Lipinski definition) is 4. The van der Waals surface area contributed by atoms with Gasteiger partial charge in [-0.25, -0.2) is 18.7 Å². The molecule has 7 heteroatoms. The van der Waals surface area contributed by atoms with Gasteiger partial charge >= 0.3 is 0 Å². The van der Waals surface area contributed by atoms with Gasteiger partial charge in [-0.05, 0) is 24.3 Å². The maximum atomic E-state index is 13.4. The highest BCUT2D eigenvalue weighted by atomic mass is 19.2. The highest BCUT2D eigenvalue weighted by Gasteiger charge is 2.25. The number of piperazine rings is 1. The maximum Gasteiger partial charge on any atom is 0.254 e. The number of amides is 1. The first kappa shape index (κ1) is 18.2. The van der Waals surface area contributed by atoms with Gasteiger partial charge in [0.1, 0.15) is 11.6 Å². The van der Waals surface area contributed by atoms with Gasteiger partial charge in [-0.3, -0.25) is 4.79 Å². The Morgan fingerprint density at radius 2 is 1.73 bits per heavy atom. The minimum atomic E-state index is -1.01. The minimum absolute atomic E-state index is 0.138. The third-order valence-electron chi connectivity index (χ3n) is 4.37. The molecule has 3 rings (SSSR count). The van der Waals surface area contributed by atoms with E-state index >= 15 is 0 Å². The monoisotopic (exact) mass is 360 g/mol. The number of halogens is 2. The van der Waals surface area contributed by atoms with Gasteiger partial charge in [0.2, 0.25) is 0 Å². The number of benzene rings is 1. The molecule has 0 unspecified atom stereocenters. The summed E-state index contributed by atoms with van der Waals surface area (Å²) in [6, 6.07) is 5.10. The zero-order valence-electron chi connectivity index (χ0n) is 15.2. The predicted molar refractivity (Wildman–Crippen MR) is 95.2 cm³/mol. The molecule has 0 N–H and O–H groups in total. The first-order chi connectivity index (χ1) is 12.3. The van der Waals surface area contributed by atoms with E-state index in [1.54, 1.807) is 11.1 Å². The van der Waals surface area contributed by atoms with E-state index in [2.05, 4.69) is 35.6 Å². The largest absolute Gasteiger partial charge is 0.353 e. The summed E-state index contributed by atoms with van der Waals surface area (Å²) < 4.78 is 26.4. The van der Waals surface area contributed by atoms with E-state index in [4.69, 9.17) is 0 Å². The Labute approximate surface area is 151 Å². The van der Waals surface area contributed by atoms with Gasteiger partial charge in [0.05, 0.1) is 0 Å². The van der Waals surface area contributed by atoms with Crippen LogP contribution in [0.4, 0.5) is 14.6 Å². The topological polar surface area (TPSA) is 49.3 Å². The molecular formula is C19H22F2N4O. The van der Waals surface area contributed by atoms with Gasteiger partial charge in [-0.1, -0.05) is 20.8 Å². The number of rotatable bonds is 2. The molecule has 1 aliphatic heterocycles. The Kier molecular flexibility index (Phi) is 4.89. The van der Waals surface area contributed by atoms with Crippen molar-refractivity contribution in [1.29, 1.82) is 0 Å². The number of nitrogens with zero attached hydrogens (tertiary/aromatic N) is 4. The summed E-state index contributed by atoms with van der Waals surface area (Å²) in [5.74, 6) is -0.642. The number of carbonyl (C=O) groups excluding carboxylic acids is 1. The summed E-state index contributed by atoms with van der Waals surface area (Å²) >= 11 is 0. The lowest BCUT2D eigenvalue weighted by Gasteiger charge is -2.35. The fraction of sp³-hybridized carbons (Fsp3) is 0.421. The van der Waals surface area contributed by atoms with Crippen LogP contribution in [0, 0.1) is 11.6 Å². The molecule has 26 heavy (non-hydrogen) atoms. The summed E-state index contributed by atoms with van der Waals surface area (Å²) in [5.41, 5.74) is 0.0230. The van der Waals surface area contributed by atoms with Gasteiger partial charge in [0.15, 0.2) is 11.6 Å². The van der Waals surface area contributed by atoms with Crippen molar-refractivity contribution in [2.45, 2.75) is 26.2 Å². The average Bonchev–Trinajstić information content (AvgIpc) is 2.63. The van der Waals surface area contributed by atoms with Crippen LogP contribution >= 0.6 is 0 Å². The lowest BCUT2D eigenvalue weighted by atomic mass is 9.96. The van der Waals surface area contributed by atoms with Crippen molar-refractivity contribution < 1.29 is 13.6 Å². The molecule has 1 amide bonds. The van der Waals surface area contributed by atoms with E-state index in [0.717, 1.165) is 23.8 Å². The second-order valence-corrected chi connectivity index (χ2v) is 7.40. The zero-order chi connectivity index (χ0) is 18.9. The molecule has 1 aromatic heterocycles. The number of carbonyl (C=O) groups is 1. The van der Waals surface area contributed by atoms with Crippen molar-refractivity contribution in [2.24, 2.45) is 0 Å². The molecule has 2 aromatic rings.